The molecule has 0 aliphatic rings. The van der Waals surface area contributed by atoms with Gasteiger partial charge < -0.3 is 15.0 Å². The molecule has 1 amide bonds. The van der Waals surface area contributed by atoms with Gasteiger partial charge in [-0.15, -0.1) is 0 Å². The van der Waals surface area contributed by atoms with Crippen molar-refractivity contribution in [3.63, 3.8) is 0 Å². The van der Waals surface area contributed by atoms with Crippen molar-refractivity contribution in [1.82, 2.24) is 15.0 Å². The summed E-state index contributed by atoms with van der Waals surface area (Å²) in [5.41, 5.74) is 3.17. The van der Waals surface area contributed by atoms with Gasteiger partial charge in [-0.25, -0.2) is 14.8 Å². The van der Waals surface area contributed by atoms with Gasteiger partial charge in [-0.2, -0.15) is 0 Å². The normalized spacial score (nSPS) is 11.7. The Morgan fingerprint density at radius 2 is 1.89 bits per heavy atom. The second kappa shape index (κ2) is 8.47. The summed E-state index contributed by atoms with van der Waals surface area (Å²) in [6.07, 6.45) is 1.03. The maximum Gasteiger partial charge on any atom is 0.338 e. The summed E-state index contributed by atoms with van der Waals surface area (Å²) >= 11 is 0. The molecular weight excluding hydrogens is 356 g/mol. The third-order valence-corrected chi connectivity index (χ3v) is 4.35. The van der Waals surface area contributed by atoms with E-state index in [1.54, 1.807) is 55.6 Å². The van der Waals surface area contributed by atoms with Crippen LogP contribution in [0.2, 0.25) is 0 Å². The highest BCUT2D eigenvalue weighted by Crippen LogP contribution is 2.19. The molecule has 0 aliphatic carbocycles. The lowest BCUT2D eigenvalue weighted by Gasteiger charge is -2.15. The zero-order valence-electron chi connectivity index (χ0n) is 16.0. The van der Waals surface area contributed by atoms with Crippen LogP contribution < -0.4 is 5.32 Å². The predicted molar refractivity (Wildman–Crippen MR) is 106 cm³/mol. The molecule has 144 valence electrons. The Labute approximate surface area is 163 Å². The second-order valence-electron chi connectivity index (χ2n) is 6.38. The van der Waals surface area contributed by atoms with E-state index in [2.05, 4.69) is 20.3 Å². The minimum atomic E-state index is -0.899. The number of amides is 1. The summed E-state index contributed by atoms with van der Waals surface area (Å²) in [6, 6.07) is 12.1. The number of carbonyl (C=O) groups is 2. The van der Waals surface area contributed by atoms with Gasteiger partial charge in [-0.3, -0.25) is 4.79 Å². The van der Waals surface area contributed by atoms with Crippen LogP contribution in [-0.4, -0.2) is 32.9 Å². The van der Waals surface area contributed by atoms with Crippen LogP contribution in [-0.2, 0) is 9.53 Å². The fraction of sp³-hybridized carbons (Fsp3) is 0.238. The first-order chi connectivity index (χ1) is 13.5. The number of hydrogen-bond acceptors (Lipinski definition) is 5. The molecule has 3 aromatic rings. The van der Waals surface area contributed by atoms with Gasteiger partial charge in [0, 0.05) is 17.5 Å². The molecule has 2 heterocycles. The molecule has 0 saturated carbocycles. The number of aromatic nitrogens is 3. The van der Waals surface area contributed by atoms with Gasteiger partial charge in [0.15, 0.2) is 6.10 Å². The fourth-order valence-corrected chi connectivity index (χ4v) is 2.61. The Balaban J connectivity index is 1.66. The van der Waals surface area contributed by atoms with E-state index in [9.17, 15) is 9.59 Å². The average Bonchev–Trinajstić information content (AvgIpc) is 3.05. The van der Waals surface area contributed by atoms with Crippen molar-refractivity contribution in [2.45, 2.75) is 33.3 Å². The van der Waals surface area contributed by atoms with Crippen molar-refractivity contribution in [3.05, 3.63) is 65.6 Å². The van der Waals surface area contributed by atoms with Crippen LogP contribution in [0, 0.1) is 13.8 Å². The maximum atomic E-state index is 12.4. The minimum Gasteiger partial charge on any atom is -0.449 e. The highest BCUT2D eigenvalue weighted by Gasteiger charge is 2.22. The number of carbonyl (C=O) groups excluding carboxylic acids is 2. The van der Waals surface area contributed by atoms with E-state index in [0.29, 0.717) is 17.8 Å². The summed E-state index contributed by atoms with van der Waals surface area (Å²) in [4.78, 5) is 36.5. The quantitative estimate of drug-likeness (QED) is 0.638. The summed E-state index contributed by atoms with van der Waals surface area (Å²) < 4.78 is 5.39. The van der Waals surface area contributed by atoms with E-state index in [4.69, 9.17) is 4.74 Å². The number of hydrogen-bond donors (Lipinski definition) is 2. The SMILES string of the molecule is CCC(OC(=O)c1ccc(-c2nc(C)c(C)[nH]2)cc1)C(=O)Nc1ccccn1. The number of aryl methyl sites for hydroxylation is 2. The standard InChI is InChI=1S/C21H22N4O3/c1-4-17(20(26)25-18-7-5-6-12-22-18)28-21(27)16-10-8-15(9-11-16)19-23-13(2)14(3)24-19/h5-12,17H,4H2,1-3H3,(H,23,24)(H,22,25,26). The monoisotopic (exact) mass is 378 g/mol. The van der Waals surface area contributed by atoms with Crippen molar-refractivity contribution in [1.29, 1.82) is 0 Å². The number of pyridine rings is 1. The van der Waals surface area contributed by atoms with Gasteiger partial charge in [-0.1, -0.05) is 25.1 Å². The van der Waals surface area contributed by atoms with Crippen molar-refractivity contribution in [3.8, 4) is 11.4 Å². The van der Waals surface area contributed by atoms with Crippen LogP contribution >= 0.6 is 0 Å². The molecule has 0 bridgehead atoms. The van der Waals surface area contributed by atoms with Crippen molar-refractivity contribution >= 4 is 17.7 Å². The molecule has 0 fully saturated rings. The third kappa shape index (κ3) is 4.43. The Hall–Kier alpha value is -3.48. The summed E-state index contributed by atoms with van der Waals surface area (Å²) in [7, 11) is 0. The highest BCUT2D eigenvalue weighted by atomic mass is 16.5. The number of anilines is 1. The van der Waals surface area contributed by atoms with E-state index >= 15 is 0 Å². The van der Waals surface area contributed by atoms with Crippen LogP contribution in [0.5, 0.6) is 0 Å². The van der Waals surface area contributed by atoms with E-state index in [-0.39, 0.29) is 0 Å². The zero-order valence-corrected chi connectivity index (χ0v) is 16.0. The van der Waals surface area contributed by atoms with Crippen molar-refractivity contribution < 1.29 is 14.3 Å². The van der Waals surface area contributed by atoms with E-state index in [1.807, 2.05) is 13.8 Å². The van der Waals surface area contributed by atoms with Crippen LogP contribution in [0.4, 0.5) is 5.82 Å². The topological polar surface area (TPSA) is 97.0 Å². The van der Waals surface area contributed by atoms with Gasteiger partial charge >= 0.3 is 5.97 Å². The first kappa shape index (κ1) is 19.3. The van der Waals surface area contributed by atoms with Crippen LogP contribution in [0.25, 0.3) is 11.4 Å². The lowest BCUT2D eigenvalue weighted by molar-refractivity contribution is -0.124. The maximum absolute atomic E-state index is 12.4. The second-order valence-corrected chi connectivity index (χ2v) is 6.38. The first-order valence-corrected chi connectivity index (χ1v) is 9.04. The molecule has 2 N–H and O–H groups in total. The molecule has 0 radical (unpaired) electrons. The van der Waals surface area contributed by atoms with Crippen molar-refractivity contribution in [2.24, 2.45) is 0 Å². The molecule has 7 nitrogen and oxygen atoms in total. The van der Waals surface area contributed by atoms with Crippen LogP contribution in [0.15, 0.2) is 48.7 Å². The molecule has 1 unspecified atom stereocenters. The molecule has 0 aliphatic heterocycles. The van der Waals surface area contributed by atoms with Gasteiger partial charge in [0.25, 0.3) is 5.91 Å². The van der Waals surface area contributed by atoms with Crippen molar-refractivity contribution in [2.75, 3.05) is 5.32 Å². The molecule has 3 rings (SSSR count). The molecule has 1 atom stereocenters. The Bertz CT molecular complexity index is 946. The molecule has 2 aromatic heterocycles. The largest absolute Gasteiger partial charge is 0.449 e. The molecule has 0 saturated heterocycles. The van der Waals surface area contributed by atoms with Gasteiger partial charge in [0.2, 0.25) is 0 Å². The molecule has 0 spiro atoms. The van der Waals surface area contributed by atoms with E-state index in [1.165, 1.54) is 0 Å². The van der Waals surface area contributed by atoms with Crippen LogP contribution in [0.3, 0.4) is 0 Å². The minimum absolute atomic E-state index is 0.355. The number of aromatic amines is 1. The molecule has 7 heteroatoms. The number of H-pyrrole nitrogens is 1. The number of benzene rings is 1. The van der Waals surface area contributed by atoms with Gasteiger partial charge in [0.05, 0.1) is 11.3 Å². The van der Waals surface area contributed by atoms with E-state index in [0.717, 1.165) is 22.8 Å². The molecule has 1 aromatic carbocycles. The average molecular weight is 378 g/mol. The summed E-state index contributed by atoms with van der Waals surface area (Å²) in [5.74, 6) is 0.195. The lowest BCUT2D eigenvalue weighted by Crippen LogP contribution is -2.32. The number of nitrogens with one attached hydrogen (secondary N) is 2. The van der Waals surface area contributed by atoms with E-state index < -0.39 is 18.0 Å². The third-order valence-electron chi connectivity index (χ3n) is 4.35. The number of imidazole rings is 1. The molecular formula is C21H22N4O3. The highest BCUT2D eigenvalue weighted by molar-refractivity contribution is 5.97. The number of rotatable bonds is 6. The molecule has 28 heavy (non-hydrogen) atoms. The Morgan fingerprint density at radius 1 is 1.14 bits per heavy atom. The smallest absolute Gasteiger partial charge is 0.338 e. The fourth-order valence-electron chi connectivity index (χ4n) is 2.61. The Morgan fingerprint density at radius 3 is 2.46 bits per heavy atom. The van der Waals surface area contributed by atoms with Gasteiger partial charge in [-0.05, 0) is 44.5 Å². The predicted octanol–water partition coefficient (Wildman–Crippen LogP) is 3.66. The van der Waals surface area contributed by atoms with Gasteiger partial charge in [0.1, 0.15) is 11.6 Å². The summed E-state index contributed by atoms with van der Waals surface area (Å²) in [6.45, 7) is 5.67. The number of ether oxygens (including phenoxy) is 1. The van der Waals surface area contributed by atoms with Crippen LogP contribution in [0.1, 0.15) is 35.1 Å². The zero-order chi connectivity index (χ0) is 20.1. The summed E-state index contributed by atoms with van der Waals surface area (Å²) in [5, 5.41) is 2.65. The number of nitrogens with zero attached hydrogens (tertiary/aromatic N) is 2. The number of esters is 1. The first-order valence-electron chi connectivity index (χ1n) is 9.04. The Kier molecular flexibility index (Phi) is 5.84. The lowest BCUT2D eigenvalue weighted by atomic mass is 10.1.